The zero-order valence-corrected chi connectivity index (χ0v) is 17.9. The first-order valence-electron chi connectivity index (χ1n) is 9.44. The van der Waals surface area contributed by atoms with Crippen molar-refractivity contribution in [2.75, 3.05) is 6.26 Å². The first-order chi connectivity index (χ1) is 14.6. The summed E-state index contributed by atoms with van der Waals surface area (Å²) in [6.45, 7) is 1.07. The monoisotopic (exact) mass is 445 g/mol. The fraction of sp³-hybridized carbons (Fsp3) is 0.286. The third kappa shape index (κ3) is 4.36. The van der Waals surface area contributed by atoms with Gasteiger partial charge in [-0.25, -0.2) is 18.9 Å². The smallest absolute Gasteiger partial charge is 0.264 e. The van der Waals surface area contributed by atoms with Crippen molar-refractivity contribution in [2.45, 2.75) is 31.2 Å². The molecule has 31 heavy (non-hydrogen) atoms. The molecule has 164 valence electrons. The van der Waals surface area contributed by atoms with E-state index in [0.717, 1.165) is 22.9 Å². The molecule has 3 rings (SSSR count). The summed E-state index contributed by atoms with van der Waals surface area (Å²) >= 11 is 0. The molecule has 1 aromatic heterocycles. The molecule has 0 unspecified atom stereocenters. The number of hydroxylamine groups is 1. The van der Waals surface area contributed by atoms with E-state index >= 15 is 0 Å². The molecule has 2 aromatic carbocycles. The van der Waals surface area contributed by atoms with Crippen molar-refractivity contribution in [3.8, 4) is 11.1 Å². The molecule has 0 saturated heterocycles. The summed E-state index contributed by atoms with van der Waals surface area (Å²) in [5.74, 6) is -1.06. The minimum Gasteiger partial charge on any atom is -0.392 e. The number of carbonyl (C=O) groups is 1. The molecule has 3 aromatic rings. The van der Waals surface area contributed by atoms with Crippen molar-refractivity contribution in [1.82, 2.24) is 15.0 Å². The Morgan fingerprint density at radius 3 is 2.39 bits per heavy atom. The van der Waals surface area contributed by atoms with Crippen LogP contribution in [0.5, 0.6) is 0 Å². The van der Waals surface area contributed by atoms with E-state index in [4.69, 9.17) is 10.3 Å². The van der Waals surface area contributed by atoms with Gasteiger partial charge >= 0.3 is 0 Å². The van der Waals surface area contributed by atoms with Gasteiger partial charge in [0, 0.05) is 12.8 Å². The van der Waals surface area contributed by atoms with Crippen molar-refractivity contribution in [3.05, 3.63) is 64.7 Å². The van der Waals surface area contributed by atoms with Crippen LogP contribution < -0.4 is 11.0 Å². The summed E-state index contributed by atoms with van der Waals surface area (Å²) in [6, 6.07) is 12.6. The molecular formula is C21H23N3O6S. The molecule has 0 aliphatic heterocycles. The van der Waals surface area contributed by atoms with Crippen molar-refractivity contribution in [1.29, 1.82) is 0 Å². The van der Waals surface area contributed by atoms with Crippen LogP contribution in [0, 0.1) is 0 Å². The number of carbonyl (C=O) groups excluding carboxylic acids is 1. The number of sulfone groups is 1. The molecule has 1 amide bonds. The van der Waals surface area contributed by atoms with E-state index in [-0.39, 0.29) is 25.1 Å². The van der Waals surface area contributed by atoms with Crippen LogP contribution in [0.15, 0.2) is 53.6 Å². The number of hydrogen-bond acceptors (Lipinski definition) is 7. The van der Waals surface area contributed by atoms with Gasteiger partial charge in [-0.1, -0.05) is 30.3 Å². The van der Waals surface area contributed by atoms with Gasteiger partial charge in [0.05, 0.1) is 23.8 Å². The standard InChI is InChI=1S/C21H23N3O6S/c1-21(20(27)23-28,31(2,29)30)9-10-24-13-22-18-11-16(7-8-17(18)19(24)26)15-5-3-14(12-25)4-6-15/h3-8,11,13,25,28H,9-10,12H2,1-2H3,(H,23,27)/t21-/m1/s1. The molecule has 3 N–H and O–H groups in total. The molecule has 1 heterocycles. The maximum atomic E-state index is 12.9. The lowest BCUT2D eigenvalue weighted by Crippen LogP contribution is -2.50. The summed E-state index contributed by atoms with van der Waals surface area (Å²) in [5, 5.41) is 18.4. The Bertz CT molecular complexity index is 1280. The highest BCUT2D eigenvalue weighted by atomic mass is 32.2. The molecule has 0 bridgehead atoms. The number of nitrogens with zero attached hydrogens (tertiary/aromatic N) is 2. The van der Waals surface area contributed by atoms with Gasteiger partial charge < -0.3 is 5.11 Å². The molecule has 0 aliphatic carbocycles. The quantitative estimate of drug-likeness (QED) is 0.367. The molecule has 10 heteroatoms. The van der Waals surface area contributed by atoms with Crippen LogP contribution in [0.1, 0.15) is 18.9 Å². The average Bonchev–Trinajstić information content (AvgIpc) is 2.76. The SMILES string of the molecule is C[C@@](CCn1cnc2cc(-c3ccc(CO)cc3)ccc2c1=O)(C(=O)NO)S(C)(=O)=O. The molecule has 9 nitrogen and oxygen atoms in total. The van der Waals surface area contributed by atoms with Crippen LogP contribution in [-0.2, 0) is 27.8 Å². The molecule has 0 aliphatic rings. The van der Waals surface area contributed by atoms with Crippen molar-refractivity contribution in [2.24, 2.45) is 0 Å². The highest BCUT2D eigenvalue weighted by Crippen LogP contribution is 2.24. The van der Waals surface area contributed by atoms with E-state index in [9.17, 15) is 18.0 Å². The van der Waals surface area contributed by atoms with Gasteiger partial charge in [-0.2, -0.15) is 0 Å². The number of nitrogens with one attached hydrogen (secondary N) is 1. The maximum absolute atomic E-state index is 12.9. The number of aliphatic hydroxyl groups excluding tert-OH is 1. The zero-order valence-electron chi connectivity index (χ0n) is 17.1. The van der Waals surface area contributed by atoms with E-state index in [2.05, 4.69) is 4.98 Å². The third-order valence-electron chi connectivity index (χ3n) is 5.53. The Morgan fingerprint density at radius 1 is 1.16 bits per heavy atom. The third-order valence-corrected chi connectivity index (χ3v) is 7.55. The minimum atomic E-state index is -3.87. The van der Waals surface area contributed by atoms with Gasteiger partial charge in [0.25, 0.3) is 11.5 Å². The van der Waals surface area contributed by atoms with Crippen LogP contribution in [0.2, 0.25) is 0 Å². The number of fused-ring (bicyclic) bond motifs is 1. The van der Waals surface area contributed by atoms with Crippen LogP contribution in [0.4, 0.5) is 0 Å². The second-order valence-electron chi connectivity index (χ2n) is 7.52. The Morgan fingerprint density at radius 2 is 1.81 bits per heavy atom. The predicted octanol–water partition coefficient (Wildman–Crippen LogP) is 1.25. The Hall–Kier alpha value is -3.08. The van der Waals surface area contributed by atoms with Crippen molar-refractivity contribution in [3.63, 3.8) is 0 Å². The number of amides is 1. The summed E-state index contributed by atoms with van der Waals surface area (Å²) in [5.41, 5.74) is 4.05. The van der Waals surface area contributed by atoms with Gasteiger partial charge in [0.2, 0.25) is 0 Å². The van der Waals surface area contributed by atoms with Crippen LogP contribution in [-0.4, -0.2) is 45.2 Å². The summed E-state index contributed by atoms with van der Waals surface area (Å²) in [7, 11) is -3.87. The highest BCUT2D eigenvalue weighted by molar-refractivity contribution is 7.92. The lowest BCUT2D eigenvalue weighted by molar-refractivity contribution is -0.131. The van der Waals surface area contributed by atoms with Gasteiger partial charge in [0.15, 0.2) is 14.6 Å². The largest absolute Gasteiger partial charge is 0.392 e. The fourth-order valence-corrected chi connectivity index (χ4v) is 4.06. The van der Waals surface area contributed by atoms with Crippen LogP contribution in [0.25, 0.3) is 22.0 Å². The first kappa shape index (κ1) is 22.6. The molecule has 0 spiro atoms. The van der Waals surface area contributed by atoms with E-state index < -0.39 is 20.5 Å². The molecule has 0 radical (unpaired) electrons. The molecule has 1 atom stereocenters. The van der Waals surface area contributed by atoms with Gasteiger partial charge in [-0.05, 0) is 42.2 Å². The number of aryl methyl sites for hydroxylation is 1. The first-order valence-corrected chi connectivity index (χ1v) is 11.3. The number of rotatable bonds is 7. The summed E-state index contributed by atoms with van der Waals surface area (Å²) in [6.07, 6.45) is 1.99. The van der Waals surface area contributed by atoms with E-state index in [1.165, 1.54) is 23.3 Å². The van der Waals surface area contributed by atoms with Crippen molar-refractivity contribution >= 4 is 26.6 Å². The molecule has 0 saturated carbocycles. The predicted molar refractivity (Wildman–Crippen MR) is 115 cm³/mol. The lowest BCUT2D eigenvalue weighted by atomic mass is 10.0. The second-order valence-corrected chi connectivity index (χ2v) is 9.97. The van der Waals surface area contributed by atoms with E-state index in [0.29, 0.717) is 10.9 Å². The lowest BCUT2D eigenvalue weighted by Gasteiger charge is -2.25. The van der Waals surface area contributed by atoms with Crippen LogP contribution in [0.3, 0.4) is 0 Å². The van der Waals surface area contributed by atoms with E-state index in [1.54, 1.807) is 18.2 Å². The summed E-state index contributed by atoms with van der Waals surface area (Å²) < 4.78 is 23.5. The maximum Gasteiger partial charge on any atom is 0.264 e. The van der Waals surface area contributed by atoms with Crippen molar-refractivity contribution < 1.29 is 23.5 Å². The van der Waals surface area contributed by atoms with Gasteiger partial charge in [-0.15, -0.1) is 0 Å². The Kier molecular flexibility index (Phi) is 6.25. The van der Waals surface area contributed by atoms with E-state index in [1.807, 2.05) is 24.3 Å². The summed E-state index contributed by atoms with van der Waals surface area (Å²) in [4.78, 5) is 29.1. The second kappa shape index (κ2) is 8.58. The number of benzene rings is 2. The van der Waals surface area contributed by atoms with Gasteiger partial charge in [0.1, 0.15) is 0 Å². The highest BCUT2D eigenvalue weighted by Gasteiger charge is 2.43. The zero-order chi connectivity index (χ0) is 22.8. The fourth-order valence-electron chi connectivity index (χ4n) is 3.22. The minimum absolute atomic E-state index is 0.0442. The normalized spacial score (nSPS) is 13.7. The Balaban J connectivity index is 1.92. The Labute approximate surface area is 178 Å². The topological polar surface area (TPSA) is 139 Å². The van der Waals surface area contributed by atoms with Gasteiger partial charge in [-0.3, -0.25) is 19.4 Å². The molecule has 0 fully saturated rings. The number of hydrogen-bond donors (Lipinski definition) is 3. The number of aromatic nitrogens is 2. The average molecular weight is 445 g/mol. The van der Waals surface area contributed by atoms with Crippen LogP contribution >= 0.6 is 0 Å². The molecular weight excluding hydrogens is 422 g/mol. The number of aliphatic hydroxyl groups is 1.